The molecule has 2 N–H and O–H groups in total. The topological polar surface area (TPSA) is 44.6 Å². The largest absolute Gasteiger partial charge is 0.508 e. The number of allylic oxidation sites excluding steroid dienone is 2. The summed E-state index contributed by atoms with van der Waals surface area (Å²) in [6, 6.07) is 7.30. The van der Waals surface area contributed by atoms with Crippen LogP contribution in [0.5, 0.6) is 5.75 Å². The monoisotopic (exact) mass is 286 g/mol. The summed E-state index contributed by atoms with van der Waals surface area (Å²) in [4.78, 5) is 4.63. The van der Waals surface area contributed by atoms with Crippen molar-refractivity contribution in [2.45, 2.75) is 39.8 Å². The van der Waals surface area contributed by atoms with Gasteiger partial charge in [0, 0.05) is 12.8 Å². The zero-order valence-corrected chi connectivity index (χ0v) is 13.5. The van der Waals surface area contributed by atoms with Crippen LogP contribution in [0, 0.1) is 0 Å². The van der Waals surface area contributed by atoms with Gasteiger partial charge >= 0.3 is 0 Å². The Morgan fingerprint density at radius 1 is 1.33 bits per heavy atom. The highest BCUT2D eigenvalue weighted by molar-refractivity contribution is 5.77. The van der Waals surface area contributed by atoms with Crippen LogP contribution in [0.2, 0.25) is 0 Å². The van der Waals surface area contributed by atoms with E-state index >= 15 is 0 Å². The van der Waals surface area contributed by atoms with Gasteiger partial charge in [0.25, 0.3) is 0 Å². The molecule has 0 fully saturated rings. The molecular weight excluding hydrogens is 260 g/mol. The fourth-order valence-electron chi connectivity index (χ4n) is 1.92. The molecule has 0 radical (unpaired) electrons. The molecule has 3 heteroatoms. The Bertz CT molecular complexity index is 529. The molecule has 114 valence electrons. The molecule has 21 heavy (non-hydrogen) atoms. The molecule has 3 nitrogen and oxygen atoms in total. The van der Waals surface area contributed by atoms with Gasteiger partial charge in [-0.1, -0.05) is 24.8 Å². The van der Waals surface area contributed by atoms with Gasteiger partial charge in [-0.2, -0.15) is 0 Å². The average molecular weight is 286 g/mol. The van der Waals surface area contributed by atoms with Gasteiger partial charge in [-0.3, -0.25) is 10.3 Å². The molecule has 0 amide bonds. The van der Waals surface area contributed by atoms with Crippen LogP contribution in [-0.2, 0) is 6.42 Å². The van der Waals surface area contributed by atoms with Crippen LogP contribution in [-0.4, -0.2) is 23.5 Å². The summed E-state index contributed by atoms with van der Waals surface area (Å²) < 4.78 is 0. The maximum atomic E-state index is 9.29. The summed E-state index contributed by atoms with van der Waals surface area (Å²) in [7, 11) is 0. The van der Waals surface area contributed by atoms with Crippen molar-refractivity contribution in [2.75, 3.05) is 6.54 Å². The maximum Gasteiger partial charge on any atom is 0.129 e. The van der Waals surface area contributed by atoms with E-state index in [9.17, 15) is 5.11 Å². The molecule has 0 saturated heterocycles. The van der Waals surface area contributed by atoms with E-state index < -0.39 is 5.66 Å². The summed E-state index contributed by atoms with van der Waals surface area (Å²) in [6.07, 6.45) is 4.76. The molecule has 0 bridgehead atoms. The second-order valence-electron chi connectivity index (χ2n) is 5.49. The first kappa shape index (κ1) is 17.2. The van der Waals surface area contributed by atoms with Crippen LogP contribution in [0.15, 0.2) is 53.1 Å². The second-order valence-corrected chi connectivity index (χ2v) is 5.49. The molecular formula is C18H26N2O. The van der Waals surface area contributed by atoms with Crippen molar-refractivity contribution in [3.63, 3.8) is 0 Å². The molecule has 1 rings (SSSR count). The molecule has 1 aromatic carbocycles. The third-order valence-electron chi connectivity index (χ3n) is 3.56. The van der Waals surface area contributed by atoms with E-state index in [1.807, 2.05) is 26.0 Å². The number of phenolic OH excluding ortho intramolecular Hbond substituents is 1. The van der Waals surface area contributed by atoms with Gasteiger partial charge in [-0.25, -0.2) is 0 Å². The molecule has 1 atom stereocenters. The van der Waals surface area contributed by atoms with Crippen LogP contribution in [0.4, 0.5) is 0 Å². The predicted octanol–water partition coefficient (Wildman–Crippen LogP) is 3.85. The van der Waals surface area contributed by atoms with E-state index in [0.717, 1.165) is 18.5 Å². The lowest BCUT2D eigenvalue weighted by molar-refractivity contribution is 0.435. The Kier molecular flexibility index (Phi) is 6.38. The van der Waals surface area contributed by atoms with Gasteiger partial charge in [-0.05, 0) is 63.0 Å². The van der Waals surface area contributed by atoms with E-state index in [0.29, 0.717) is 5.75 Å². The average Bonchev–Trinajstić information content (AvgIpc) is 2.46. The van der Waals surface area contributed by atoms with E-state index in [1.165, 1.54) is 11.1 Å². The highest BCUT2D eigenvalue weighted by Crippen LogP contribution is 2.18. The lowest BCUT2D eigenvalue weighted by atomic mass is 10.0. The van der Waals surface area contributed by atoms with E-state index in [-0.39, 0.29) is 0 Å². The molecule has 0 saturated carbocycles. The Balaban J connectivity index is 2.69. The number of benzene rings is 1. The molecule has 0 spiro atoms. The number of phenols is 1. The van der Waals surface area contributed by atoms with Gasteiger partial charge in [0.1, 0.15) is 11.4 Å². The van der Waals surface area contributed by atoms with Crippen LogP contribution in [0.3, 0.4) is 0 Å². The Morgan fingerprint density at radius 2 is 1.95 bits per heavy atom. The molecule has 0 aliphatic heterocycles. The minimum absolute atomic E-state index is 0.298. The molecule has 1 aromatic rings. The lowest BCUT2D eigenvalue weighted by Crippen LogP contribution is -2.43. The summed E-state index contributed by atoms with van der Waals surface area (Å²) >= 11 is 0. The lowest BCUT2D eigenvalue weighted by Gasteiger charge is -2.28. The second kappa shape index (κ2) is 7.79. The van der Waals surface area contributed by atoms with Crippen LogP contribution >= 0.6 is 0 Å². The number of rotatable bonds is 7. The highest BCUT2D eigenvalue weighted by Gasteiger charge is 2.23. The third-order valence-corrected chi connectivity index (χ3v) is 3.56. The summed E-state index contributed by atoms with van der Waals surface area (Å²) in [5.74, 6) is 0.298. The van der Waals surface area contributed by atoms with Crippen molar-refractivity contribution < 1.29 is 5.11 Å². The summed E-state index contributed by atoms with van der Waals surface area (Å²) in [6.45, 7) is 12.8. The smallest absolute Gasteiger partial charge is 0.129 e. The maximum absolute atomic E-state index is 9.29. The van der Waals surface area contributed by atoms with E-state index in [1.54, 1.807) is 18.3 Å². The van der Waals surface area contributed by atoms with Gasteiger partial charge in [0.2, 0.25) is 0 Å². The number of aromatic hydroxyl groups is 1. The fourth-order valence-corrected chi connectivity index (χ4v) is 1.92. The van der Waals surface area contributed by atoms with Crippen molar-refractivity contribution in [3.8, 4) is 5.75 Å². The van der Waals surface area contributed by atoms with Crippen molar-refractivity contribution in [1.29, 1.82) is 0 Å². The normalized spacial score (nSPS) is 15.1. The van der Waals surface area contributed by atoms with Crippen LogP contribution in [0.1, 0.15) is 33.3 Å². The molecule has 0 heterocycles. The first-order valence-electron chi connectivity index (χ1n) is 7.24. The third kappa shape index (κ3) is 5.56. The van der Waals surface area contributed by atoms with E-state index in [4.69, 9.17) is 0 Å². The molecule has 0 aromatic heterocycles. The van der Waals surface area contributed by atoms with Crippen molar-refractivity contribution in [3.05, 3.63) is 53.6 Å². The minimum atomic E-state index is -0.412. The van der Waals surface area contributed by atoms with Gasteiger partial charge in [-0.15, -0.1) is 0 Å². The predicted molar refractivity (Wildman–Crippen MR) is 91.0 cm³/mol. The number of hydrogen-bond donors (Lipinski definition) is 2. The number of nitrogens with zero attached hydrogens (tertiary/aromatic N) is 1. The Hall–Kier alpha value is -1.87. The fraction of sp³-hybridized carbons (Fsp3) is 0.389. The van der Waals surface area contributed by atoms with Crippen molar-refractivity contribution >= 4 is 6.21 Å². The number of aliphatic imine (C=N–C) groups is 1. The molecule has 0 aliphatic rings. The summed E-state index contributed by atoms with van der Waals surface area (Å²) in [5.41, 5.74) is 2.88. The zero-order chi connectivity index (χ0) is 15.9. The van der Waals surface area contributed by atoms with Gasteiger partial charge < -0.3 is 5.11 Å². The minimum Gasteiger partial charge on any atom is -0.508 e. The van der Waals surface area contributed by atoms with Crippen LogP contribution in [0.25, 0.3) is 0 Å². The highest BCUT2D eigenvalue weighted by atomic mass is 16.3. The first-order valence-corrected chi connectivity index (χ1v) is 7.24. The zero-order valence-electron chi connectivity index (χ0n) is 13.5. The Labute approximate surface area is 128 Å². The number of nitrogens with one attached hydrogen (secondary N) is 1. The number of hydrogen-bond acceptors (Lipinski definition) is 3. The van der Waals surface area contributed by atoms with Gasteiger partial charge in [0.15, 0.2) is 0 Å². The van der Waals surface area contributed by atoms with E-state index in [2.05, 4.69) is 36.8 Å². The first-order chi connectivity index (χ1) is 9.87. The SMILES string of the molecule is C=C(C)C=NC(C)(NCCc1ccc(O)cc1)/C(C)=C\C. The molecule has 0 aliphatic carbocycles. The Morgan fingerprint density at radius 3 is 2.48 bits per heavy atom. The quantitative estimate of drug-likeness (QED) is 0.590. The van der Waals surface area contributed by atoms with Crippen molar-refractivity contribution in [1.82, 2.24) is 5.32 Å². The van der Waals surface area contributed by atoms with Crippen LogP contribution < -0.4 is 5.32 Å². The standard InChI is InChI=1S/C18H26N2O/c1-6-15(4)18(5,20-13-14(2)3)19-12-11-16-7-9-17(21)10-8-16/h6-10,13,19,21H,2,11-12H2,1,3-5H3/b15-6-,20-13?. The summed E-state index contributed by atoms with van der Waals surface area (Å²) in [5, 5.41) is 12.8. The van der Waals surface area contributed by atoms with Crippen molar-refractivity contribution in [2.24, 2.45) is 4.99 Å². The molecule has 1 unspecified atom stereocenters. The van der Waals surface area contributed by atoms with Gasteiger partial charge in [0.05, 0.1) is 0 Å².